The van der Waals surface area contributed by atoms with Crippen LogP contribution in [0.25, 0.3) is 0 Å². The highest BCUT2D eigenvalue weighted by Gasteiger charge is 2.29. The molecule has 1 fully saturated rings. The first-order chi connectivity index (χ1) is 13.4. The van der Waals surface area contributed by atoms with Gasteiger partial charge in [0.25, 0.3) is 11.7 Å². The largest absolute Gasteiger partial charge is 0.338 e. The van der Waals surface area contributed by atoms with Gasteiger partial charge in [-0.15, -0.1) is 0 Å². The summed E-state index contributed by atoms with van der Waals surface area (Å²) in [5.41, 5.74) is 0.903. The van der Waals surface area contributed by atoms with Crippen LogP contribution < -0.4 is 5.32 Å². The molecule has 0 aromatic heterocycles. The molecule has 1 unspecified atom stereocenters. The van der Waals surface area contributed by atoms with Gasteiger partial charge in [0.15, 0.2) is 0 Å². The van der Waals surface area contributed by atoms with E-state index in [1.165, 1.54) is 36.4 Å². The Morgan fingerprint density at radius 2 is 1.75 bits per heavy atom. The Bertz CT molecular complexity index is 828. The van der Waals surface area contributed by atoms with Crippen LogP contribution in [0, 0.1) is 11.7 Å². The second-order valence-electron chi connectivity index (χ2n) is 6.49. The maximum atomic E-state index is 13.0. The Morgan fingerprint density at radius 1 is 1.07 bits per heavy atom. The third-order valence-electron chi connectivity index (χ3n) is 4.52. The van der Waals surface area contributed by atoms with E-state index in [1.807, 2.05) is 0 Å². The zero-order chi connectivity index (χ0) is 20.1. The summed E-state index contributed by atoms with van der Waals surface area (Å²) in [6.45, 7) is 0.820. The minimum Gasteiger partial charge on any atom is -0.338 e. The van der Waals surface area contributed by atoms with Gasteiger partial charge in [0.2, 0.25) is 5.91 Å². The Balaban J connectivity index is 1.59. The molecule has 3 rings (SSSR count). The molecule has 0 bridgehead atoms. The summed E-state index contributed by atoms with van der Waals surface area (Å²) in [6, 6.07) is 11.5. The predicted molar refractivity (Wildman–Crippen MR) is 102 cm³/mol. The average molecular weight is 408 g/mol. The fourth-order valence-electron chi connectivity index (χ4n) is 3.11. The van der Waals surface area contributed by atoms with E-state index in [-0.39, 0.29) is 24.3 Å². The van der Waals surface area contributed by atoms with E-state index >= 15 is 0 Å². The smallest absolute Gasteiger partial charge is 0.288 e. The van der Waals surface area contributed by atoms with Crippen molar-refractivity contribution in [1.29, 1.82) is 0 Å². The third kappa shape index (κ3) is 5.28. The van der Waals surface area contributed by atoms with E-state index < -0.39 is 11.6 Å². The number of carbonyl (C=O) groups excluding carboxylic acids is 2. The second kappa shape index (κ2) is 9.14. The van der Waals surface area contributed by atoms with Crippen molar-refractivity contribution < 1.29 is 22.8 Å². The Hall–Kier alpha value is -2.48. The number of hydrogen-bond donors (Lipinski definition) is 1. The molecule has 8 heteroatoms. The van der Waals surface area contributed by atoms with Crippen LogP contribution in [0.4, 0.5) is 18.9 Å². The first kappa shape index (κ1) is 20.3. The zero-order valence-corrected chi connectivity index (χ0v) is 15.7. The number of amides is 2. The minimum absolute atomic E-state index is 0.217. The summed E-state index contributed by atoms with van der Waals surface area (Å²) in [7, 11) is 0. The third-order valence-corrected chi connectivity index (χ3v) is 5.24. The van der Waals surface area contributed by atoms with Crippen LogP contribution in [0.3, 0.4) is 0 Å². The van der Waals surface area contributed by atoms with Gasteiger partial charge < -0.3 is 10.2 Å². The van der Waals surface area contributed by atoms with E-state index in [9.17, 15) is 22.8 Å². The number of carbonyl (C=O) groups is 2. The number of nitrogens with zero attached hydrogens (tertiary/aromatic N) is 1. The molecule has 0 aliphatic carbocycles. The van der Waals surface area contributed by atoms with Crippen molar-refractivity contribution in [3.8, 4) is 0 Å². The van der Waals surface area contributed by atoms with E-state index in [0.717, 1.165) is 0 Å². The first-order valence-corrected chi connectivity index (χ1v) is 9.71. The molecule has 0 spiro atoms. The van der Waals surface area contributed by atoms with Crippen molar-refractivity contribution in [2.45, 2.75) is 23.5 Å². The molecule has 148 valence electrons. The molecule has 1 N–H and O–H groups in total. The molecule has 0 saturated carbocycles. The molecule has 2 aromatic carbocycles. The molecule has 28 heavy (non-hydrogen) atoms. The fourth-order valence-corrected chi connectivity index (χ4v) is 3.61. The van der Waals surface area contributed by atoms with Crippen LogP contribution in [-0.2, 0) is 4.79 Å². The Kier molecular flexibility index (Phi) is 6.61. The summed E-state index contributed by atoms with van der Waals surface area (Å²) in [6.07, 6.45) is 1.34. The van der Waals surface area contributed by atoms with Gasteiger partial charge in [-0.05, 0) is 61.4 Å². The minimum atomic E-state index is -2.49. The van der Waals surface area contributed by atoms with Gasteiger partial charge in [0, 0.05) is 29.2 Å². The number of benzene rings is 2. The van der Waals surface area contributed by atoms with Crippen LogP contribution in [0.5, 0.6) is 0 Å². The number of thioether (sulfide) groups is 1. The monoisotopic (exact) mass is 408 g/mol. The summed E-state index contributed by atoms with van der Waals surface area (Å²) in [5.74, 6) is -3.72. The van der Waals surface area contributed by atoms with Crippen molar-refractivity contribution in [1.82, 2.24) is 4.90 Å². The molecule has 1 saturated heterocycles. The van der Waals surface area contributed by atoms with Crippen LogP contribution in [-0.4, -0.2) is 35.6 Å². The van der Waals surface area contributed by atoms with Crippen molar-refractivity contribution in [2.24, 2.45) is 5.92 Å². The van der Waals surface area contributed by atoms with Gasteiger partial charge in [0.05, 0.1) is 5.92 Å². The molecule has 1 aliphatic rings. The van der Waals surface area contributed by atoms with Crippen LogP contribution in [0.2, 0.25) is 0 Å². The molecule has 4 nitrogen and oxygen atoms in total. The van der Waals surface area contributed by atoms with E-state index in [1.54, 1.807) is 17.0 Å². The van der Waals surface area contributed by atoms with Crippen LogP contribution >= 0.6 is 11.8 Å². The van der Waals surface area contributed by atoms with Gasteiger partial charge in [-0.25, -0.2) is 4.39 Å². The van der Waals surface area contributed by atoms with Crippen LogP contribution in [0.15, 0.2) is 53.4 Å². The SMILES string of the molecule is O=C(Nc1ccc(SC(F)F)cc1)C1CCCN(C(=O)c2ccc(F)cc2)C1. The van der Waals surface area contributed by atoms with Gasteiger partial charge in [-0.3, -0.25) is 9.59 Å². The van der Waals surface area contributed by atoms with Gasteiger partial charge in [-0.1, -0.05) is 11.8 Å². The topological polar surface area (TPSA) is 49.4 Å². The number of hydrogen-bond acceptors (Lipinski definition) is 3. The lowest BCUT2D eigenvalue weighted by molar-refractivity contribution is -0.121. The summed E-state index contributed by atoms with van der Waals surface area (Å²) in [5, 5.41) is 2.78. The first-order valence-electron chi connectivity index (χ1n) is 8.83. The van der Waals surface area contributed by atoms with E-state index in [0.29, 0.717) is 47.3 Å². The van der Waals surface area contributed by atoms with E-state index in [4.69, 9.17) is 0 Å². The van der Waals surface area contributed by atoms with Gasteiger partial charge in [0.1, 0.15) is 5.82 Å². The van der Waals surface area contributed by atoms with Crippen LogP contribution in [0.1, 0.15) is 23.2 Å². The standard InChI is InChI=1S/C20H19F3N2O2S/c21-15-5-3-13(4-6-15)19(27)25-11-1-2-14(12-25)18(26)24-16-7-9-17(10-8-16)28-20(22)23/h3-10,14,20H,1-2,11-12H2,(H,24,26). The molecule has 0 radical (unpaired) electrons. The molecule has 2 amide bonds. The maximum Gasteiger partial charge on any atom is 0.288 e. The quantitative estimate of drug-likeness (QED) is 0.734. The number of nitrogens with one attached hydrogen (secondary N) is 1. The van der Waals surface area contributed by atoms with E-state index in [2.05, 4.69) is 5.32 Å². The van der Waals surface area contributed by atoms with Crippen molar-refractivity contribution >= 4 is 29.3 Å². The molecule has 1 atom stereocenters. The highest BCUT2D eigenvalue weighted by atomic mass is 32.2. The Morgan fingerprint density at radius 3 is 2.39 bits per heavy atom. The van der Waals surface area contributed by atoms with Crippen molar-refractivity contribution in [3.05, 3.63) is 59.9 Å². The normalized spacial score (nSPS) is 16.9. The summed E-state index contributed by atoms with van der Waals surface area (Å²) in [4.78, 5) is 27.1. The molecular formula is C20H19F3N2O2S. The maximum absolute atomic E-state index is 13.0. The number of halogens is 3. The highest BCUT2D eigenvalue weighted by Crippen LogP contribution is 2.27. The summed E-state index contributed by atoms with van der Waals surface area (Å²) < 4.78 is 37.8. The van der Waals surface area contributed by atoms with Crippen molar-refractivity contribution in [3.63, 3.8) is 0 Å². The highest BCUT2D eigenvalue weighted by molar-refractivity contribution is 7.99. The summed E-state index contributed by atoms with van der Waals surface area (Å²) >= 11 is 0.443. The number of rotatable bonds is 5. The fraction of sp³-hybridized carbons (Fsp3) is 0.300. The predicted octanol–water partition coefficient (Wildman–Crippen LogP) is 4.63. The number of likely N-dealkylation sites (tertiary alicyclic amines) is 1. The molecule has 1 heterocycles. The molecule has 1 aliphatic heterocycles. The lowest BCUT2D eigenvalue weighted by Gasteiger charge is -2.32. The number of anilines is 1. The van der Waals surface area contributed by atoms with Gasteiger partial charge in [-0.2, -0.15) is 8.78 Å². The number of piperidine rings is 1. The van der Waals surface area contributed by atoms with Gasteiger partial charge >= 0.3 is 0 Å². The molecule has 2 aromatic rings. The second-order valence-corrected chi connectivity index (χ2v) is 7.55. The average Bonchev–Trinajstić information content (AvgIpc) is 2.69. The zero-order valence-electron chi connectivity index (χ0n) is 14.9. The lowest BCUT2D eigenvalue weighted by Crippen LogP contribution is -2.43. The lowest BCUT2D eigenvalue weighted by atomic mass is 9.96. The Labute approximate surface area is 165 Å². The molecular weight excluding hydrogens is 389 g/mol. The number of alkyl halides is 2. The van der Waals surface area contributed by atoms with Crippen molar-refractivity contribution in [2.75, 3.05) is 18.4 Å².